The first-order chi connectivity index (χ1) is 12.1. The first-order valence-corrected chi connectivity index (χ1v) is 9.57. The van der Waals surface area contributed by atoms with Crippen LogP contribution in [0.2, 0.25) is 0 Å². The molecule has 0 aliphatic carbocycles. The lowest BCUT2D eigenvalue weighted by Crippen LogP contribution is -2.23. The van der Waals surface area contributed by atoms with E-state index >= 15 is 0 Å². The highest BCUT2D eigenvalue weighted by molar-refractivity contribution is 9.10. The highest BCUT2D eigenvalue weighted by Gasteiger charge is 2.33. The molecule has 0 spiro atoms. The normalized spacial score (nSPS) is 11.3. The number of rotatable bonds is 5. The van der Waals surface area contributed by atoms with Crippen molar-refractivity contribution in [1.29, 1.82) is 0 Å². The van der Waals surface area contributed by atoms with E-state index in [1.54, 1.807) is 31.5 Å². The summed E-state index contributed by atoms with van der Waals surface area (Å²) in [6.45, 7) is 1.72. The number of alkyl halides is 3. The third-order valence-electron chi connectivity index (χ3n) is 3.67. The van der Waals surface area contributed by atoms with E-state index in [2.05, 4.69) is 15.9 Å². The Balaban J connectivity index is 2.38. The lowest BCUT2D eigenvalue weighted by molar-refractivity contribution is -0.139. The van der Waals surface area contributed by atoms with Crippen LogP contribution in [0, 0.1) is 0 Å². The van der Waals surface area contributed by atoms with Crippen LogP contribution in [0.4, 0.5) is 13.2 Å². The number of ether oxygens (including phenoxy) is 1. The van der Waals surface area contributed by atoms with Crippen LogP contribution in [-0.2, 0) is 17.5 Å². The number of hydrogen-bond donors (Lipinski definition) is 0. The topological polar surface area (TPSA) is 29.5 Å². The quantitative estimate of drug-likeness (QED) is 0.529. The minimum Gasteiger partial charge on any atom is -0.457 e. The molecule has 8 heteroatoms. The molecule has 0 unspecified atom stereocenters. The van der Waals surface area contributed by atoms with Crippen molar-refractivity contribution >= 4 is 33.6 Å². The Morgan fingerprint density at radius 3 is 2.50 bits per heavy atom. The fraction of sp³-hybridized carbons (Fsp3) is 0.278. The van der Waals surface area contributed by atoms with Crippen molar-refractivity contribution in [3.63, 3.8) is 0 Å². The molecule has 0 aliphatic heterocycles. The van der Waals surface area contributed by atoms with Crippen molar-refractivity contribution in [2.45, 2.75) is 24.5 Å². The first-order valence-electron chi connectivity index (χ1n) is 7.55. The molecule has 0 N–H and O–H groups in total. The second kappa shape index (κ2) is 8.35. The van der Waals surface area contributed by atoms with Crippen molar-refractivity contribution in [3.05, 3.63) is 52.0 Å². The summed E-state index contributed by atoms with van der Waals surface area (Å²) in [7, 11) is 1.64. The smallest absolute Gasteiger partial charge is 0.417 e. The molecular weight excluding hydrogens is 431 g/mol. The van der Waals surface area contributed by atoms with Crippen LogP contribution < -0.4 is 4.74 Å². The van der Waals surface area contributed by atoms with Crippen LogP contribution in [-0.4, -0.2) is 24.1 Å². The Labute approximate surface area is 162 Å². The third kappa shape index (κ3) is 5.17. The molecular formula is C18H17BrF3NO2S. The maximum Gasteiger partial charge on any atom is 0.417 e. The third-order valence-corrected chi connectivity index (χ3v) is 4.96. The Hall–Kier alpha value is -1.67. The van der Waals surface area contributed by atoms with Gasteiger partial charge < -0.3 is 9.64 Å². The molecule has 0 radical (unpaired) electrons. The van der Waals surface area contributed by atoms with Gasteiger partial charge in [-0.2, -0.15) is 13.2 Å². The molecule has 0 fully saturated rings. The van der Waals surface area contributed by atoms with Gasteiger partial charge in [-0.3, -0.25) is 4.79 Å². The summed E-state index contributed by atoms with van der Waals surface area (Å²) < 4.78 is 46.2. The summed E-state index contributed by atoms with van der Waals surface area (Å²) in [6.07, 6.45) is -2.87. The van der Waals surface area contributed by atoms with Gasteiger partial charge in [-0.25, -0.2) is 0 Å². The van der Waals surface area contributed by atoms with Crippen LogP contribution in [0.3, 0.4) is 0 Å². The van der Waals surface area contributed by atoms with Gasteiger partial charge in [0.15, 0.2) is 0 Å². The predicted octanol–water partition coefficient (Wildman–Crippen LogP) is 5.96. The number of amides is 1. The van der Waals surface area contributed by atoms with Gasteiger partial charge in [0.05, 0.1) is 5.56 Å². The predicted molar refractivity (Wildman–Crippen MR) is 99.6 cm³/mol. The van der Waals surface area contributed by atoms with Gasteiger partial charge in [0.2, 0.25) is 5.91 Å². The van der Waals surface area contributed by atoms with Gasteiger partial charge in [0.1, 0.15) is 11.5 Å². The number of benzene rings is 2. The lowest BCUT2D eigenvalue weighted by Gasteiger charge is -2.19. The maximum atomic E-state index is 13.2. The zero-order valence-electron chi connectivity index (χ0n) is 14.4. The second-order valence-corrected chi connectivity index (χ2v) is 7.35. The van der Waals surface area contributed by atoms with Gasteiger partial charge in [0, 0.05) is 35.4 Å². The van der Waals surface area contributed by atoms with E-state index in [-0.39, 0.29) is 23.1 Å². The minimum absolute atomic E-state index is 0.0872. The number of carbonyl (C=O) groups is 1. The molecule has 140 valence electrons. The summed E-state index contributed by atoms with van der Waals surface area (Å²) in [4.78, 5) is 13.1. The molecule has 0 atom stereocenters. The SMILES string of the molecule is CSc1ccc(Oc2ccc(Br)cc2CN(C)C(C)=O)cc1C(F)(F)F. The first kappa shape index (κ1) is 20.6. The number of halogens is 4. The fourth-order valence-electron chi connectivity index (χ4n) is 2.24. The van der Waals surface area contributed by atoms with E-state index in [1.807, 2.05) is 0 Å². The summed E-state index contributed by atoms with van der Waals surface area (Å²) >= 11 is 4.38. The molecule has 0 bridgehead atoms. The molecule has 2 aromatic carbocycles. The van der Waals surface area contributed by atoms with Gasteiger partial charge in [0.25, 0.3) is 0 Å². The van der Waals surface area contributed by atoms with E-state index in [4.69, 9.17) is 4.74 Å². The molecule has 0 aliphatic rings. The van der Waals surface area contributed by atoms with Gasteiger partial charge in [-0.05, 0) is 42.7 Å². The number of nitrogens with zero attached hydrogens (tertiary/aromatic N) is 1. The lowest BCUT2D eigenvalue weighted by atomic mass is 10.1. The van der Waals surface area contributed by atoms with Crippen LogP contribution in [0.25, 0.3) is 0 Å². The molecule has 3 nitrogen and oxygen atoms in total. The van der Waals surface area contributed by atoms with E-state index in [9.17, 15) is 18.0 Å². The average Bonchev–Trinajstić information content (AvgIpc) is 2.56. The molecule has 1 amide bonds. The molecule has 0 saturated heterocycles. The number of carbonyl (C=O) groups excluding carboxylic acids is 1. The van der Waals surface area contributed by atoms with E-state index in [0.29, 0.717) is 11.3 Å². The summed E-state index contributed by atoms with van der Waals surface area (Å²) in [6, 6.07) is 9.04. The van der Waals surface area contributed by atoms with E-state index in [0.717, 1.165) is 22.3 Å². The van der Waals surface area contributed by atoms with Gasteiger partial charge >= 0.3 is 6.18 Å². The Bertz CT molecular complexity index is 812. The second-order valence-electron chi connectivity index (χ2n) is 5.59. The van der Waals surface area contributed by atoms with Crippen molar-refractivity contribution in [2.75, 3.05) is 13.3 Å². The average molecular weight is 448 g/mol. The highest BCUT2D eigenvalue weighted by atomic mass is 79.9. The Kier molecular flexibility index (Phi) is 6.63. The zero-order valence-corrected chi connectivity index (χ0v) is 16.8. The highest BCUT2D eigenvalue weighted by Crippen LogP contribution is 2.39. The summed E-state index contributed by atoms with van der Waals surface area (Å²) in [5, 5.41) is 0. The summed E-state index contributed by atoms with van der Waals surface area (Å²) in [5.41, 5.74) is -0.0541. The zero-order chi connectivity index (χ0) is 19.5. The van der Waals surface area contributed by atoms with Crippen molar-refractivity contribution in [3.8, 4) is 11.5 Å². The minimum atomic E-state index is -4.46. The monoisotopic (exact) mass is 447 g/mol. The van der Waals surface area contributed by atoms with Crippen LogP contribution in [0.1, 0.15) is 18.1 Å². The fourth-order valence-corrected chi connectivity index (χ4v) is 3.24. The van der Waals surface area contributed by atoms with Crippen molar-refractivity contribution in [2.24, 2.45) is 0 Å². The molecule has 2 rings (SSSR count). The molecule has 0 saturated carbocycles. The van der Waals surface area contributed by atoms with Gasteiger partial charge in [-0.1, -0.05) is 15.9 Å². The largest absolute Gasteiger partial charge is 0.457 e. The van der Waals surface area contributed by atoms with Crippen LogP contribution in [0.15, 0.2) is 45.8 Å². The summed E-state index contributed by atoms with van der Waals surface area (Å²) in [5.74, 6) is 0.357. The van der Waals surface area contributed by atoms with E-state index in [1.165, 1.54) is 24.0 Å². The number of hydrogen-bond acceptors (Lipinski definition) is 3. The van der Waals surface area contributed by atoms with E-state index < -0.39 is 11.7 Å². The van der Waals surface area contributed by atoms with Crippen molar-refractivity contribution < 1.29 is 22.7 Å². The Morgan fingerprint density at radius 2 is 1.92 bits per heavy atom. The standard InChI is InChI=1S/C18H17BrF3NO2S/c1-11(24)23(2)10-12-8-13(19)4-6-16(12)25-14-5-7-17(26-3)15(9-14)18(20,21)22/h4-9H,10H2,1-3H3. The molecule has 26 heavy (non-hydrogen) atoms. The maximum absolute atomic E-state index is 13.2. The molecule has 0 heterocycles. The molecule has 2 aromatic rings. The Morgan fingerprint density at radius 1 is 1.23 bits per heavy atom. The van der Waals surface area contributed by atoms with Crippen LogP contribution in [0.5, 0.6) is 11.5 Å². The molecule has 0 aromatic heterocycles. The van der Waals surface area contributed by atoms with Gasteiger partial charge in [-0.15, -0.1) is 11.8 Å². The van der Waals surface area contributed by atoms with Crippen molar-refractivity contribution in [1.82, 2.24) is 4.90 Å². The number of thioether (sulfide) groups is 1. The van der Waals surface area contributed by atoms with Crippen LogP contribution >= 0.6 is 27.7 Å².